The Kier molecular flexibility index (Phi) is 3.26. The summed E-state index contributed by atoms with van der Waals surface area (Å²) in [6.45, 7) is 0.193. The van der Waals surface area contributed by atoms with Crippen LogP contribution in [0, 0.1) is 6.33 Å². The molecule has 1 heterocycles. The fourth-order valence-electron chi connectivity index (χ4n) is 0.723. The standard InChI is InChI=1S/C6H8N3O3S/c1-13(12)3-2-9-4-7-8-5(10)6(9)11/h2-3H2,1H3,(H,8,10). The Hall–Kier alpha value is -1.08. The molecule has 1 radical (unpaired) electrons. The summed E-state index contributed by atoms with van der Waals surface area (Å²) in [4.78, 5) is 21.8. The summed E-state index contributed by atoms with van der Waals surface area (Å²) in [5.74, 6) is 0.307. The molecule has 1 N–H and O–H groups in total. The van der Waals surface area contributed by atoms with Gasteiger partial charge in [-0.15, -0.1) is 0 Å². The van der Waals surface area contributed by atoms with Gasteiger partial charge in [-0.25, -0.2) is 5.10 Å². The van der Waals surface area contributed by atoms with Gasteiger partial charge >= 0.3 is 11.1 Å². The van der Waals surface area contributed by atoms with Gasteiger partial charge in [0.05, 0.1) is 12.8 Å². The molecule has 13 heavy (non-hydrogen) atoms. The molecule has 1 rings (SSSR count). The zero-order valence-corrected chi connectivity index (χ0v) is 7.76. The average molecular weight is 202 g/mol. The molecule has 1 aromatic heterocycles. The Labute approximate surface area is 76.8 Å². The van der Waals surface area contributed by atoms with Crippen LogP contribution in [0.5, 0.6) is 0 Å². The van der Waals surface area contributed by atoms with Crippen LogP contribution >= 0.6 is 0 Å². The van der Waals surface area contributed by atoms with Gasteiger partial charge in [0.1, 0.15) is 5.75 Å². The first-order chi connectivity index (χ1) is 6.11. The fourth-order valence-corrected chi connectivity index (χ4v) is 1.16. The van der Waals surface area contributed by atoms with Crippen molar-refractivity contribution >= 4 is 11.2 Å². The van der Waals surface area contributed by atoms with Crippen molar-refractivity contribution in [1.29, 1.82) is 0 Å². The quantitative estimate of drug-likeness (QED) is 0.458. The molecule has 0 aromatic carbocycles. The Morgan fingerprint density at radius 3 is 3.00 bits per heavy atom. The van der Waals surface area contributed by atoms with E-state index < -0.39 is 22.3 Å². The van der Waals surface area contributed by atoms with Gasteiger partial charge in [0.25, 0.3) is 0 Å². The van der Waals surface area contributed by atoms with E-state index in [9.17, 15) is 14.1 Å². The third-order valence-electron chi connectivity index (χ3n) is 1.37. The van der Waals surface area contributed by atoms with Gasteiger partial charge in [0.2, 0.25) is 6.33 Å². The maximum atomic E-state index is 11.0. The van der Waals surface area contributed by atoms with Gasteiger partial charge < -0.3 is 4.55 Å². The van der Waals surface area contributed by atoms with E-state index in [4.69, 9.17) is 0 Å². The highest BCUT2D eigenvalue weighted by Gasteiger charge is 2.03. The van der Waals surface area contributed by atoms with Crippen molar-refractivity contribution in [3.8, 4) is 0 Å². The number of H-pyrrole nitrogens is 1. The fraction of sp³-hybridized carbons (Fsp3) is 0.500. The lowest BCUT2D eigenvalue weighted by atomic mass is 10.6. The SMILES string of the molecule is C[S+]([O-])CCn1[c]n[nH]c(=O)c1=O. The van der Waals surface area contributed by atoms with E-state index in [-0.39, 0.29) is 6.54 Å². The summed E-state index contributed by atoms with van der Waals surface area (Å²) in [6.07, 6.45) is 3.82. The smallest absolute Gasteiger partial charge is 0.330 e. The van der Waals surface area contributed by atoms with Gasteiger partial charge in [-0.05, 0) is 0 Å². The topological polar surface area (TPSA) is 90.8 Å². The van der Waals surface area contributed by atoms with Crippen LogP contribution in [0.1, 0.15) is 0 Å². The van der Waals surface area contributed by atoms with Gasteiger partial charge in [0.15, 0.2) is 0 Å². The van der Waals surface area contributed by atoms with Gasteiger partial charge in [-0.2, -0.15) is 5.10 Å². The molecule has 0 spiro atoms. The van der Waals surface area contributed by atoms with E-state index in [1.54, 1.807) is 0 Å². The van der Waals surface area contributed by atoms with Crippen LogP contribution < -0.4 is 11.1 Å². The zero-order valence-electron chi connectivity index (χ0n) is 6.94. The summed E-state index contributed by atoms with van der Waals surface area (Å²) in [6, 6.07) is 0. The third kappa shape index (κ3) is 2.71. The molecule has 71 valence electrons. The number of aromatic nitrogens is 3. The molecule has 1 aromatic rings. The van der Waals surface area contributed by atoms with Crippen LogP contribution in [0.4, 0.5) is 0 Å². The Morgan fingerprint density at radius 2 is 2.38 bits per heavy atom. The Balaban J connectivity index is 2.84. The first kappa shape index (κ1) is 10.0. The van der Waals surface area contributed by atoms with E-state index >= 15 is 0 Å². The predicted octanol–water partition coefficient (Wildman–Crippen LogP) is -1.89. The van der Waals surface area contributed by atoms with E-state index in [0.29, 0.717) is 5.75 Å². The van der Waals surface area contributed by atoms with Crippen LogP contribution in [-0.2, 0) is 17.7 Å². The highest BCUT2D eigenvalue weighted by atomic mass is 32.2. The summed E-state index contributed by atoms with van der Waals surface area (Å²) in [5, 5.41) is 5.28. The molecule has 0 aliphatic heterocycles. The molecular formula is C6H8N3O3S. The minimum Gasteiger partial charge on any atom is -0.617 e. The molecule has 0 bridgehead atoms. The zero-order chi connectivity index (χ0) is 9.84. The highest BCUT2D eigenvalue weighted by Crippen LogP contribution is 1.84. The van der Waals surface area contributed by atoms with Crippen molar-refractivity contribution in [2.45, 2.75) is 6.54 Å². The molecule has 6 nitrogen and oxygen atoms in total. The number of nitrogens with one attached hydrogen (secondary N) is 1. The Morgan fingerprint density at radius 1 is 1.69 bits per heavy atom. The van der Waals surface area contributed by atoms with Gasteiger partial charge in [0, 0.05) is 0 Å². The minimum absolute atomic E-state index is 0.193. The molecule has 0 aliphatic carbocycles. The lowest BCUT2D eigenvalue weighted by molar-refractivity contribution is 0.587. The average Bonchev–Trinajstić information content (AvgIpc) is 2.07. The summed E-state index contributed by atoms with van der Waals surface area (Å²) >= 11 is -1.00. The number of aryl methyl sites for hydroxylation is 1. The second kappa shape index (κ2) is 4.24. The van der Waals surface area contributed by atoms with Crippen molar-refractivity contribution in [2.75, 3.05) is 12.0 Å². The Bertz CT molecular complexity index is 383. The second-order valence-electron chi connectivity index (χ2n) is 2.39. The molecule has 0 saturated heterocycles. The number of aromatic amines is 1. The first-order valence-electron chi connectivity index (χ1n) is 3.48. The second-order valence-corrected chi connectivity index (χ2v) is 3.94. The minimum atomic E-state index is -1.00. The third-order valence-corrected chi connectivity index (χ3v) is 2.13. The monoisotopic (exact) mass is 202 g/mol. The molecule has 7 heteroatoms. The van der Waals surface area contributed by atoms with Crippen LogP contribution in [0.15, 0.2) is 9.59 Å². The number of nitrogens with zero attached hydrogens (tertiary/aromatic N) is 2. The molecular weight excluding hydrogens is 194 g/mol. The summed E-state index contributed by atoms with van der Waals surface area (Å²) < 4.78 is 11.7. The highest BCUT2D eigenvalue weighted by molar-refractivity contribution is 7.90. The van der Waals surface area contributed by atoms with E-state index in [1.165, 1.54) is 6.26 Å². The van der Waals surface area contributed by atoms with Crippen LogP contribution in [-0.4, -0.2) is 31.3 Å². The summed E-state index contributed by atoms with van der Waals surface area (Å²) in [7, 11) is 0. The van der Waals surface area contributed by atoms with Gasteiger partial charge in [-0.1, -0.05) is 11.2 Å². The van der Waals surface area contributed by atoms with Crippen LogP contribution in [0.3, 0.4) is 0 Å². The van der Waals surface area contributed by atoms with Crippen LogP contribution in [0.25, 0.3) is 0 Å². The molecule has 0 fully saturated rings. The molecule has 1 unspecified atom stereocenters. The van der Waals surface area contributed by atoms with Crippen LogP contribution in [0.2, 0.25) is 0 Å². The summed E-state index contributed by atoms with van der Waals surface area (Å²) in [5.41, 5.74) is -1.51. The largest absolute Gasteiger partial charge is 0.617 e. The first-order valence-corrected chi connectivity index (χ1v) is 5.21. The van der Waals surface area contributed by atoms with Crippen molar-refractivity contribution in [2.24, 2.45) is 0 Å². The van der Waals surface area contributed by atoms with Crippen molar-refractivity contribution in [1.82, 2.24) is 14.8 Å². The molecule has 0 amide bonds. The maximum Gasteiger partial charge on any atom is 0.330 e. The molecule has 0 saturated carbocycles. The van der Waals surface area contributed by atoms with Gasteiger partial charge in [-0.3, -0.25) is 14.2 Å². The van der Waals surface area contributed by atoms with Crippen molar-refractivity contribution in [3.05, 3.63) is 27.0 Å². The number of hydrogen-bond acceptors (Lipinski definition) is 4. The normalized spacial score (nSPS) is 12.8. The molecule has 0 aliphatic rings. The van der Waals surface area contributed by atoms with Crippen molar-refractivity contribution in [3.63, 3.8) is 0 Å². The van der Waals surface area contributed by atoms with Crippen molar-refractivity contribution < 1.29 is 4.55 Å². The predicted molar refractivity (Wildman–Crippen MR) is 46.9 cm³/mol. The number of rotatable bonds is 3. The number of hydrogen-bond donors (Lipinski definition) is 1. The lowest BCUT2D eigenvalue weighted by Gasteiger charge is -2.04. The maximum absolute atomic E-state index is 11.0. The van der Waals surface area contributed by atoms with E-state index in [1.807, 2.05) is 5.10 Å². The lowest BCUT2D eigenvalue weighted by Crippen LogP contribution is -2.38. The van der Waals surface area contributed by atoms with E-state index in [2.05, 4.69) is 11.4 Å². The van der Waals surface area contributed by atoms with E-state index in [0.717, 1.165) is 4.57 Å². The molecule has 1 atom stereocenters.